The first-order chi connectivity index (χ1) is 11.6. The number of hydrogen-bond acceptors (Lipinski definition) is 4. The molecule has 0 aromatic heterocycles. The molecule has 1 aliphatic carbocycles. The molecule has 0 heterocycles. The number of likely N-dealkylation sites (N-methyl/N-ethyl adjacent to an activating group) is 1. The topological polar surface area (TPSA) is 52.9 Å². The molecule has 0 aliphatic heterocycles. The molecule has 0 saturated heterocycles. The van der Waals surface area contributed by atoms with E-state index in [-0.39, 0.29) is 12.7 Å². The van der Waals surface area contributed by atoms with E-state index < -0.39 is 6.10 Å². The molecule has 3 rings (SSSR count). The third-order valence-corrected chi connectivity index (χ3v) is 4.87. The molecular formula is C20H27NO3. The Hall–Kier alpha value is -1.62. The van der Waals surface area contributed by atoms with Crippen LogP contribution in [0.5, 0.6) is 5.75 Å². The first-order valence-corrected chi connectivity index (χ1v) is 8.78. The standard InChI is InChI=1S/C20H27NO3/c1-21(12-16-8-4-10-19(16)23)13-17(22)14-24-20-11-5-7-15-6-2-3-9-18(15)20/h2-3,5-7,9,11,16-17,19,22-23H,4,8,10,12-14H2,1H3. The SMILES string of the molecule is CN(CC(O)COc1cccc2ccccc12)CC1CCCC1O. The number of fused-ring (bicyclic) bond motifs is 1. The summed E-state index contributed by atoms with van der Waals surface area (Å²) in [6.45, 7) is 1.64. The van der Waals surface area contributed by atoms with Gasteiger partial charge in [0.25, 0.3) is 0 Å². The molecule has 4 heteroatoms. The third-order valence-electron chi connectivity index (χ3n) is 4.87. The summed E-state index contributed by atoms with van der Waals surface area (Å²) in [4.78, 5) is 2.09. The maximum absolute atomic E-state index is 10.3. The summed E-state index contributed by atoms with van der Waals surface area (Å²) in [5.41, 5.74) is 0. The van der Waals surface area contributed by atoms with Gasteiger partial charge in [0.1, 0.15) is 18.5 Å². The lowest BCUT2D eigenvalue weighted by molar-refractivity contribution is 0.0582. The Labute approximate surface area is 143 Å². The van der Waals surface area contributed by atoms with Gasteiger partial charge in [0.15, 0.2) is 0 Å². The Morgan fingerprint density at radius 2 is 1.96 bits per heavy atom. The lowest BCUT2D eigenvalue weighted by Gasteiger charge is -2.25. The second-order valence-corrected chi connectivity index (χ2v) is 6.92. The summed E-state index contributed by atoms with van der Waals surface area (Å²) in [5.74, 6) is 1.14. The maximum Gasteiger partial charge on any atom is 0.127 e. The van der Waals surface area contributed by atoms with E-state index in [1.807, 2.05) is 37.4 Å². The first-order valence-electron chi connectivity index (χ1n) is 8.78. The minimum Gasteiger partial charge on any atom is -0.490 e. The quantitative estimate of drug-likeness (QED) is 0.820. The van der Waals surface area contributed by atoms with E-state index in [0.29, 0.717) is 12.5 Å². The molecule has 1 aliphatic rings. The summed E-state index contributed by atoms with van der Waals surface area (Å²) >= 11 is 0. The van der Waals surface area contributed by atoms with Crippen molar-refractivity contribution in [1.82, 2.24) is 4.90 Å². The number of aliphatic hydroxyl groups is 2. The van der Waals surface area contributed by atoms with E-state index in [0.717, 1.165) is 42.3 Å². The second-order valence-electron chi connectivity index (χ2n) is 6.92. The molecule has 0 radical (unpaired) electrons. The molecule has 1 saturated carbocycles. The zero-order valence-electron chi connectivity index (χ0n) is 14.3. The van der Waals surface area contributed by atoms with Crippen LogP contribution in [-0.4, -0.2) is 54.1 Å². The molecule has 2 aromatic rings. The number of hydrogen-bond donors (Lipinski definition) is 2. The van der Waals surface area contributed by atoms with Crippen molar-refractivity contribution < 1.29 is 14.9 Å². The van der Waals surface area contributed by atoms with Crippen LogP contribution in [0.1, 0.15) is 19.3 Å². The van der Waals surface area contributed by atoms with E-state index in [2.05, 4.69) is 17.0 Å². The van der Waals surface area contributed by atoms with Gasteiger partial charge in [-0.2, -0.15) is 0 Å². The van der Waals surface area contributed by atoms with Gasteiger partial charge < -0.3 is 19.8 Å². The van der Waals surface area contributed by atoms with E-state index in [4.69, 9.17) is 4.74 Å². The monoisotopic (exact) mass is 329 g/mol. The maximum atomic E-state index is 10.3. The van der Waals surface area contributed by atoms with Crippen LogP contribution in [0.2, 0.25) is 0 Å². The van der Waals surface area contributed by atoms with E-state index in [9.17, 15) is 10.2 Å². The summed E-state index contributed by atoms with van der Waals surface area (Å²) in [6, 6.07) is 14.0. The summed E-state index contributed by atoms with van der Waals surface area (Å²) in [7, 11) is 1.99. The van der Waals surface area contributed by atoms with E-state index >= 15 is 0 Å². The van der Waals surface area contributed by atoms with Crippen LogP contribution in [0.4, 0.5) is 0 Å². The molecule has 2 aromatic carbocycles. The van der Waals surface area contributed by atoms with Gasteiger partial charge in [-0.1, -0.05) is 42.8 Å². The molecule has 0 amide bonds. The largest absolute Gasteiger partial charge is 0.490 e. The fourth-order valence-corrected chi connectivity index (χ4v) is 3.63. The van der Waals surface area contributed by atoms with Gasteiger partial charge >= 0.3 is 0 Å². The molecule has 4 nitrogen and oxygen atoms in total. The Bertz CT molecular complexity index is 655. The zero-order valence-corrected chi connectivity index (χ0v) is 14.3. The minimum absolute atomic E-state index is 0.184. The van der Waals surface area contributed by atoms with Crippen molar-refractivity contribution in [3.63, 3.8) is 0 Å². The van der Waals surface area contributed by atoms with Crippen molar-refractivity contribution >= 4 is 10.8 Å². The average molecular weight is 329 g/mol. The van der Waals surface area contributed by atoms with Crippen molar-refractivity contribution in [1.29, 1.82) is 0 Å². The molecule has 2 N–H and O–H groups in total. The molecule has 3 atom stereocenters. The van der Waals surface area contributed by atoms with Crippen LogP contribution in [0, 0.1) is 5.92 Å². The number of rotatable bonds is 7. The smallest absolute Gasteiger partial charge is 0.127 e. The van der Waals surface area contributed by atoms with Crippen LogP contribution in [0.15, 0.2) is 42.5 Å². The van der Waals surface area contributed by atoms with Crippen molar-refractivity contribution in [2.24, 2.45) is 5.92 Å². The molecule has 1 fully saturated rings. The third kappa shape index (κ3) is 4.26. The summed E-state index contributed by atoms with van der Waals surface area (Å²) < 4.78 is 5.85. The second kappa shape index (κ2) is 7.97. The van der Waals surface area contributed by atoms with Gasteiger partial charge in [-0.15, -0.1) is 0 Å². The Morgan fingerprint density at radius 1 is 1.17 bits per heavy atom. The molecule has 0 bridgehead atoms. The highest BCUT2D eigenvalue weighted by molar-refractivity contribution is 5.88. The van der Waals surface area contributed by atoms with E-state index in [1.165, 1.54) is 0 Å². The lowest BCUT2D eigenvalue weighted by Crippen LogP contribution is -2.37. The van der Waals surface area contributed by atoms with Crippen molar-refractivity contribution in [3.8, 4) is 5.75 Å². The van der Waals surface area contributed by atoms with Gasteiger partial charge in [-0.25, -0.2) is 0 Å². The van der Waals surface area contributed by atoms with Crippen molar-refractivity contribution in [3.05, 3.63) is 42.5 Å². The van der Waals surface area contributed by atoms with Crippen molar-refractivity contribution in [2.45, 2.75) is 31.5 Å². The molecular weight excluding hydrogens is 302 g/mol. The highest BCUT2D eigenvalue weighted by Crippen LogP contribution is 2.26. The highest BCUT2D eigenvalue weighted by Gasteiger charge is 2.26. The highest BCUT2D eigenvalue weighted by atomic mass is 16.5. The first kappa shape index (κ1) is 17.2. The fraction of sp³-hybridized carbons (Fsp3) is 0.500. The van der Waals surface area contributed by atoms with Gasteiger partial charge in [0, 0.05) is 18.5 Å². The normalized spacial score (nSPS) is 22.2. The minimum atomic E-state index is -0.549. The Kier molecular flexibility index (Phi) is 5.72. The van der Waals surface area contributed by atoms with Crippen LogP contribution in [0.25, 0.3) is 10.8 Å². The summed E-state index contributed by atoms with van der Waals surface area (Å²) in [5, 5.41) is 22.4. The van der Waals surface area contributed by atoms with E-state index in [1.54, 1.807) is 0 Å². The van der Waals surface area contributed by atoms with Crippen LogP contribution in [0.3, 0.4) is 0 Å². The predicted octanol–water partition coefficient (Wildman–Crippen LogP) is 2.67. The molecule has 0 spiro atoms. The fourth-order valence-electron chi connectivity index (χ4n) is 3.63. The van der Waals surface area contributed by atoms with Crippen LogP contribution >= 0.6 is 0 Å². The number of ether oxygens (including phenoxy) is 1. The number of aliphatic hydroxyl groups excluding tert-OH is 2. The van der Waals surface area contributed by atoms with Gasteiger partial charge in [-0.3, -0.25) is 0 Å². The van der Waals surface area contributed by atoms with Crippen molar-refractivity contribution in [2.75, 3.05) is 26.7 Å². The van der Waals surface area contributed by atoms with Crippen LogP contribution in [-0.2, 0) is 0 Å². The Balaban J connectivity index is 1.50. The van der Waals surface area contributed by atoms with Gasteiger partial charge in [0.05, 0.1) is 6.10 Å². The average Bonchev–Trinajstić information content (AvgIpc) is 2.97. The molecule has 130 valence electrons. The summed E-state index contributed by atoms with van der Waals surface area (Å²) in [6.07, 6.45) is 2.36. The number of nitrogens with zero attached hydrogens (tertiary/aromatic N) is 1. The molecule has 3 unspecified atom stereocenters. The Morgan fingerprint density at radius 3 is 2.75 bits per heavy atom. The lowest BCUT2D eigenvalue weighted by atomic mass is 10.1. The van der Waals surface area contributed by atoms with Crippen LogP contribution < -0.4 is 4.74 Å². The number of benzene rings is 2. The molecule has 24 heavy (non-hydrogen) atoms. The van der Waals surface area contributed by atoms with Gasteiger partial charge in [-0.05, 0) is 37.3 Å². The van der Waals surface area contributed by atoms with Gasteiger partial charge in [0.2, 0.25) is 0 Å². The zero-order chi connectivity index (χ0) is 16.9. The predicted molar refractivity (Wildman–Crippen MR) is 96.3 cm³/mol.